The summed E-state index contributed by atoms with van der Waals surface area (Å²) in [5.74, 6) is 2.13. The molecule has 5 nitrogen and oxygen atoms in total. The van der Waals surface area contributed by atoms with Gasteiger partial charge in [-0.05, 0) is 32.4 Å². The second-order valence-corrected chi connectivity index (χ2v) is 6.25. The molecule has 0 fully saturated rings. The van der Waals surface area contributed by atoms with Gasteiger partial charge in [-0.15, -0.1) is 0 Å². The van der Waals surface area contributed by atoms with Crippen LogP contribution in [0.2, 0.25) is 0 Å². The minimum Gasteiger partial charge on any atom is -0.482 e. The Kier molecular flexibility index (Phi) is 5.43. The molecule has 0 saturated carbocycles. The van der Waals surface area contributed by atoms with E-state index in [1.54, 1.807) is 6.20 Å². The van der Waals surface area contributed by atoms with Crippen LogP contribution >= 0.6 is 0 Å². The molecule has 0 aliphatic rings. The molecular formula is C20H24N4O. The number of hydrogen-bond donors (Lipinski definition) is 1. The lowest BCUT2D eigenvalue weighted by molar-refractivity contribution is 0.300. The number of aryl methyl sites for hydroxylation is 1. The smallest absolute Gasteiger partial charge is 0.180 e. The van der Waals surface area contributed by atoms with Crippen LogP contribution in [-0.4, -0.2) is 21.0 Å². The first kappa shape index (κ1) is 17.1. The molecule has 1 unspecified atom stereocenters. The van der Waals surface area contributed by atoms with E-state index in [1.165, 1.54) is 0 Å². The first-order chi connectivity index (χ1) is 12.2. The lowest BCUT2D eigenvalue weighted by Crippen LogP contribution is -2.17. The number of nitrogens with one attached hydrogen (secondary N) is 1. The maximum atomic E-state index is 5.96. The minimum absolute atomic E-state index is 0.334. The van der Waals surface area contributed by atoms with Crippen LogP contribution in [0.15, 0.2) is 42.6 Å². The number of pyridine rings is 1. The molecule has 130 valence electrons. The normalized spacial score (nSPS) is 12.1. The first-order valence-corrected chi connectivity index (χ1v) is 8.73. The fourth-order valence-electron chi connectivity index (χ4n) is 2.75. The van der Waals surface area contributed by atoms with Crippen LogP contribution in [0, 0.1) is 6.92 Å². The Hall–Kier alpha value is -2.69. The van der Waals surface area contributed by atoms with Crippen molar-refractivity contribution < 1.29 is 4.74 Å². The third-order valence-electron chi connectivity index (χ3n) is 4.01. The summed E-state index contributed by atoms with van der Waals surface area (Å²) in [6.07, 6.45) is 3.93. The highest BCUT2D eigenvalue weighted by Crippen LogP contribution is 2.23. The summed E-state index contributed by atoms with van der Waals surface area (Å²) in [7, 11) is 0. The van der Waals surface area contributed by atoms with Crippen molar-refractivity contribution in [2.75, 3.05) is 5.32 Å². The third kappa shape index (κ3) is 4.44. The van der Waals surface area contributed by atoms with Crippen LogP contribution < -0.4 is 10.1 Å². The molecule has 1 N–H and O–H groups in total. The lowest BCUT2D eigenvalue weighted by Gasteiger charge is -2.17. The number of rotatable bonds is 7. The summed E-state index contributed by atoms with van der Waals surface area (Å²) in [4.78, 5) is 13.4. The van der Waals surface area contributed by atoms with Crippen molar-refractivity contribution in [1.82, 2.24) is 15.0 Å². The molecule has 0 radical (unpaired) electrons. The summed E-state index contributed by atoms with van der Waals surface area (Å²) in [6.45, 7) is 6.58. The molecule has 2 heterocycles. The van der Waals surface area contributed by atoms with E-state index in [2.05, 4.69) is 46.2 Å². The summed E-state index contributed by atoms with van der Waals surface area (Å²) in [6, 6.07) is 12.5. The number of fused-ring (bicyclic) bond motifs is 1. The lowest BCUT2D eigenvalue weighted by atomic mass is 10.2. The monoisotopic (exact) mass is 336 g/mol. The zero-order valence-electron chi connectivity index (χ0n) is 15.0. The summed E-state index contributed by atoms with van der Waals surface area (Å²) < 4.78 is 5.96. The molecular weight excluding hydrogens is 312 g/mol. The van der Waals surface area contributed by atoms with Crippen LogP contribution in [0.5, 0.6) is 5.75 Å². The molecule has 0 amide bonds. The fourth-order valence-corrected chi connectivity index (χ4v) is 2.75. The highest BCUT2D eigenvalue weighted by molar-refractivity contribution is 5.78. The third-order valence-corrected chi connectivity index (χ3v) is 4.01. The zero-order chi connectivity index (χ0) is 17.6. The van der Waals surface area contributed by atoms with Crippen molar-refractivity contribution in [3.8, 4) is 5.75 Å². The van der Waals surface area contributed by atoms with Gasteiger partial charge in [0.2, 0.25) is 0 Å². The summed E-state index contributed by atoms with van der Waals surface area (Å²) in [5.41, 5.74) is 1.85. The van der Waals surface area contributed by atoms with Gasteiger partial charge in [-0.1, -0.05) is 37.6 Å². The number of ether oxygens (including phenoxy) is 1. The van der Waals surface area contributed by atoms with E-state index in [4.69, 9.17) is 4.74 Å². The van der Waals surface area contributed by atoms with Crippen LogP contribution in [0.25, 0.3) is 10.9 Å². The molecule has 5 heteroatoms. The first-order valence-electron chi connectivity index (χ1n) is 8.73. The second-order valence-electron chi connectivity index (χ2n) is 6.25. The highest BCUT2D eigenvalue weighted by atomic mass is 16.5. The van der Waals surface area contributed by atoms with Crippen molar-refractivity contribution >= 4 is 16.7 Å². The Morgan fingerprint density at radius 2 is 1.96 bits per heavy atom. The van der Waals surface area contributed by atoms with Gasteiger partial charge in [0.05, 0.1) is 17.4 Å². The van der Waals surface area contributed by atoms with Crippen LogP contribution in [0.1, 0.15) is 38.2 Å². The molecule has 3 rings (SSSR count). The van der Waals surface area contributed by atoms with E-state index in [9.17, 15) is 0 Å². The molecule has 0 aliphatic carbocycles. The molecule has 2 aromatic heterocycles. The summed E-state index contributed by atoms with van der Waals surface area (Å²) >= 11 is 0. The van der Waals surface area contributed by atoms with Gasteiger partial charge in [-0.2, -0.15) is 0 Å². The highest BCUT2D eigenvalue weighted by Gasteiger charge is 2.11. The quantitative estimate of drug-likeness (QED) is 0.688. The molecule has 1 atom stereocenters. The Labute approximate surface area is 148 Å². The van der Waals surface area contributed by atoms with E-state index in [1.807, 2.05) is 31.2 Å². The number of aromatic nitrogens is 3. The molecule has 0 spiro atoms. The topological polar surface area (TPSA) is 59.9 Å². The number of benzene rings is 1. The fraction of sp³-hybridized carbons (Fsp3) is 0.350. The van der Waals surface area contributed by atoms with E-state index < -0.39 is 0 Å². The van der Waals surface area contributed by atoms with E-state index in [0.717, 1.165) is 41.1 Å². The number of nitrogens with zero attached hydrogens (tertiary/aromatic N) is 3. The van der Waals surface area contributed by atoms with Crippen molar-refractivity contribution in [2.24, 2.45) is 0 Å². The van der Waals surface area contributed by atoms with Gasteiger partial charge in [0.1, 0.15) is 12.4 Å². The molecule has 25 heavy (non-hydrogen) atoms. The minimum atomic E-state index is 0.334. The molecule has 1 aromatic carbocycles. The Morgan fingerprint density at radius 1 is 1.12 bits per heavy atom. The maximum absolute atomic E-state index is 5.96. The zero-order valence-corrected chi connectivity index (χ0v) is 15.0. The average Bonchev–Trinajstić information content (AvgIpc) is 2.61. The van der Waals surface area contributed by atoms with Crippen molar-refractivity contribution in [2.45, 2.75) is 46.3 Å². The van der Waals surface area contributed by atoms with Crippen molar-refractivity contribution in [3.63, 3.8) is 0 Å². The predicted octanol–water partition coefficient (Wildman–Crippen LogP) is 4.51. The Balaban J connectivity index is 1.75. The number of anilines is 1. The van der Waals surface area contributed by atoms with Crippen molar-refractivity contribution in [1.29, 1.82) is 0 Å². The predicted molar refractivity (Wildman–Crippen MR) is 101 cm³/mol. The van der Waals surface area contributed by atoms with Gasteiger partial charge in [0.15, 0.2) is 11.6 Å². The van der Waals surface area contributed by atoms with Gasteiger partial charge in [0, 0.05) is 11.4 Å². The number of para-hydroxylation sites is 1. The molecule has 0 bridgehead atoms. The number of hydrogen-bond acceptors (Lipinski definition) is 5. The second kappa shape index (κ2) is 7.92. The standard InChI is InChI=1S/C20H24N4O/c1-4-7-14(2)22-20-19(12-21-15(3)23-20)25-13-17-11-10-16-8-5-6-9-18(16)24-17/h5-6,8-12,14H,4,7,13H2,1-3H3,(H,21,22,23). The van der Waals surface area contributed by atoms with Gasteiger partial charge in [-0.3, -0.25) is 0 Å². The SMILES string of the molecule is CCCC(C)Nc1nc(C)ncc1OCc1ccc2ccccc2n1. The van der Waals surface area contributed by atoms with Gasteiger partial charge < -0.3 is 10.1 Å². The van der Waals surface area contributed by atoms with Gasteiger partial charge in [-0.25, -0.2) is 15.0 Å². The molecule has 0 saturated heterocycles. The van der Waals surface area contributed by atoms with Crippen molar-refractivity contribution in [3.05, 3.63) is 54.1 Å². The van der Waals surface area contributed by atoms with E-state index in [0.29, 0.717) is 18.4 Å². The van der Waals surface area contributed by atoms with Crippen LogP contribution in [-0.2, 0) is 6.61 Å². The largest absolute Gasteiger partial charge is 0.482 e. The average molecular weight is 336 g/mol. The molecule has 0 aliphatic heterocycles. The molecule has 3 aromatic rings. The Bertz CT molecular complexity index is 850. The van der Waals surface area contributed by atoms with Gasteiger partial charge >= 0.3 is 0 Å². The Morgan fingerprint density at radius 3 is 2.80 bits per heavy atom. The maximum Gasteiger partial charge on any atom is 0.180 e. The van der Waals surface area contributed by atoms with Crippen LogP contribution in [0.4, 0.5) is 5.82 Å². The van der Waals surface area contributed by atoms with Crippen LogP contribution in [0.3, 0.4) is 0 Å². The van der Waals surface area contributed by atoms with Gasteiger partial charge in [0.25, 0.3) is 0 Å². The van der Waals surface area contributed by atoms with E-state index in [-0.39, 0.29) is 0 Å². The van der Waals surface area contributed by atoms with E-state index >= 15 is 0 Å². The summed E-state index contributed by atoms with van der Waals surface area (Å²) in [5, 5.41) is 4.55.